The number of benzene rings is 1. The average molecular weight is 234 g/mol. The molecule has 0 saturated carbocycles. The first-order chi connectivity index (χ1) is 7.45. The lowest BCUT2D eigenvalue weighted by molar-refractivity contribution is 1.03. The van der Waals surface area contributed by atoms with Gasteiger partial charge in [0.05, 0.1) is 12.4 Å². The second-order valence-corrected chi connectivity index (χ2v) is 3.64. The first-order valence-corrected chi connectivity index (χ1v) is 5.08. The molecule has 2 aromatic rings. The number of halogens is 1. The lowest BCUT2D eigenvalue weighted by atomic mass is 10.00. The Bertz CT molecular complexity index is 485. The van der Waals surface area contributed by atoms with Crippen LogP contribution >= 0.6 is 12.4 Å². The normalized spacial score (nSPS) is 12.5. The number of anilines is 1. The molecule has 0 saturated heterocycles. The average Bonchev–Trinajstić information content (AvgIpc) is 2.78. The molecule has 1 aromatic carbocycles. The van der Waals surface area contributed by atoms with Crippen molar-refractivity contribution in [1.29, 1.82) is 0 Å². The third kappa shape index (κ3) is 1.74. The van der Waals surface area contributed by atoms with Crippen molar-refractivity contribution >= 4 is 18.1 Å². The molecular formula is C12H12ClN3. The van der Waals surface area contributed by atoms with Crippen molar-refractivity contribution in [2.75, 3.05) is 11.9 Å². The van der Waals surface area contributed by atoms with E-state index in [0.717, 1.165) is 18.5 Å². The van der Waals surface area contributed by atoms with E-state index in [-0.39, 0.29) is 12.4 Å². The predicted octanol–water partition coefficient (Wildman–Crippen LogP) is 2.53. The third-order valence-electron chi connectivity index (χ3n) is 2.76. The van der Waals surface area contributed by atoms with Gasteiger partial charge in [-0.05, 0) is 29.7 Å². The van der Waals surface area contributed by atoms with E-state index in [0.29, 0.717) is 0 Å². The van der Waals surface area contributed by atoms with Gasteiger partial charge in [-0.15, -0.1) is 12.4 Å². The highest BCUT2D eigenvalue weighted by atomic mass is 35.5. The molecule has 2 heterocycles. The third-order valence-corrected chi connectivity index (χ3v) is 2.76. The van der Waals surface area contributed by atoms with Gasteiger partial charge < -0.3 is 5.32 Å². The molecule has 0 radical (unpaired) electrons. The van der Waals surface area contributed by atoms with E-state index in [1.165, 1.54) is 16.8 Å². The van der Waals surface area contributed by atoms with Gasteiger partial charge in [0.15, 0.2) is 0 Å². The maximum absolute atomic E-state index is 3.92. The molecule has 0 amide bonds. The molecule has 82 valence electrons. The zero-order valence-corrected chi connectivity index (χ0v) is 9.50. The largest absolute Gasteiger partial charge is 0.384 e. The summed E-state index contributed by atoms with van der Waals surface area (Å²) in [7, 11) is 0. The Morgan fingerprint density at radius 1 is 1.12 bits per heavy atom. The van der Waals surface area contributed by atoms with Crippen molar-refractivity contribution in [3.8, 4) is 11.1 Å². The van der Waals surface area contributed by atoms with Crippen molar-refractivity contribution in [1.82, 2.24) is 10.2 Å². The fourth-order valence-corrected chi connectivity index (χ4v) is 2.06. The highest BCUT2D eigenvalue weighted by Crippen LogP contribution is 2.31. The second-order valence-electron chi connectivity index (χ2n) is 3.64. The minimum Gasteiger partial charge on any atom is -0.384 e. The zero-order valence-electron chi connectivity index (χ0n) is 8.68. The number of hydrogen-bond donors (Lipinski definition) is 1. The van der Waals surface area contributed by atoms with Gasteiger partial charge in [-0.25, -0.2) is 0 Å². The van der Waals surface area contributed by atoms with Crippen LogP contribution in [0.2, 0.25) is 0 Å². The Morgan fingerprint density at radius 3 is 2.88 bits per heavy atom. The second kappa shape index (κ2) is 4.49. The number of rotatable bonds is 1. The Kier molecular flexibility index (Phi) is 3.06. The van der Waals surface area contributed by atoms with Gasteiger partial charge in [0.2, 0.25) is 0 Å². The summed E-state index contributed by atoms with van der Waals surface area (Å²) in [6, 6.07) is 8.34. The molecule has 0 spiro atoms. The molecule has 1 N–H and O–H groups in total. The lowest BCUT2D eigenvalue weighted by Gasteiger charge is -2.06. The summed E-state index contributed by atoms with van der Waals surface area (Å²) in [5.74, 6) is 0. The molecule has 0 bridgehead atoms. The fraction of sp³-hybridized carbons (Fsp3) is 0.167. The van der Waals surface area contributed by atoms with E-state index in [4.69, 9.17) is 0 Å². The van der Waals surface area contributed by atoms with Gasteiger partial charge in [0, 0.05) is 17.8 Å². The molecule has 4 heteroatoms. The summed E-state index contributed by atoms with van der Waals surface area (Å²) in [4.78, 5) is 0. The number of nitrogens with one attached hydrogen (secondary N) is 1. The van der Waals surface area contributed by atoms with Crippen LogP contribution in [0.3, 0.4) is 0 Å². The topological polar surface area (TPSA) is 37.8 Å². The van der Waals surface area contributed by atoms with Crippen molar-refractivity contribution in [2.45, 2.75) is 6.42 Å². The summed E-state index contributed by atoms with van der Waals surface area (Å²) in [6.07, 6.45) is 4.64. The van der Waals surface area contributed by atoms with E-state index in [9.17, 15) is 0 Å². The summed E-state index contributed by atoms with van der Waals surface area (Å²) in [5.41, 5.74) is 5.06. The Labute approximate surface area is 100 Å². The van der Waals surface area contributed by atoms with Gasteiger partial charge in [-0.2, -0.15) is 10.2 Å². The monoisotopic (exact) mass is 233 g/mol. The first-order valence-electron chi connectivity index (χ1n) is 5.08. The number of aromatic nitrogens is 2. The van der Waals surface area contributed by atoms with Gasteiger partial charge in [-0.3, -0.25) is 0 Å². The maximum Gasteiger partial charge on any atom is 0.0574 e. The molecule has 1 aromatic heterocycles. The minimum absolute atomic E-state index is 0. The molecular weight excluding hydrogens is 222 g/mol. The van der Waals surface area contributed by atoms with Gasteiger partial charge in [-0.1, -0.05) is 12.1 Å². The van der Waals surface area contributed by atoms with E-state index in [1.54, 1.807) is 6.20 Å². The number of hydrogen-bond acceptors (Lipinski definition) is 3. The van der Waals surface area contributed by atoms with Crippen LogP contribution < -0.4 is 5.32 Å². The Morgan fingerprint density at radius 2 is 2.06 bits per heavy atom. The first kappa shape index (κ1) is 10.9. The fourth-order valence-electron chi connectivity index (χ4n) is 2.06. The van der Waals surface area contributed by atoms with Crippen molar-refractivity contribution in [3.05, 3.63) is 42.2 Å². The minimum atomic E-state index is 0. The van der Waals surface area contributed by atoms with Crippen LogP contribution in [-0.2, 0) is 6.42 Å². The summed E-state index contributed by atoms with van der Waals surface area (Å²) >= 11 is 0. The highest BCUT2D eigenvalue weighted by molar-refractivity contribution is 5.85. The number of nitrogens with zero attached hydrogens (tertiary/aromatic N) is 2. The Balaban J connectivity index is 0.000000963. The van der Waals surface area contributed by atoms with Crippen LogP contribution in [0.5, 0.6) is 0 Å². The van der Waals surface area contributed by atoms with Crippen molar-refractivity contribution < 1.29 is 0 Å². The molecule has 0 unspecified atom stereocenters. The maximum atomic E-state index is 3.92. The van der Waals surface area contributed by atoms with Crippen LogP contribution in [-0.4, -0.2) is 16.7 Å². The lowest BCUT2D eigenvalue weighted by Crippen LogP contribution is -1.90. The quantitative estimate of drug-likeness (QED) is 0.823. The van der Waals surface area contributed by atoms with Crippen LogP contribution in [0, 0.1) is 0 Å². The van der Waals surface area contributed by atoms with Crippen LogP contribution in [0.15, 0.2) is 36.7 Å². The van der Waals surface area contributed by atoms with Gasteiger partial charge in [0.1, 0.15) is 0 Å². The highest BCUT2D eigenvalue weighted by Gasteiger charge is 2.14. The standard InChI is InChI=1S/C12H11N3.ClH/c1-2-10(9-4-7-14-15-8-9)11-5-6-13-12(11)3-1;/h1-4,7-8,13H,5-6H2;1H. The molecule has 0 aliphatic carbocycles. The van der Waals surface area contributed by atoms with Crippen LogP contribution in [0.25, 0.3) is 11.1 Å². The molecule has 3 nitrogen and oxygen atoms in total. The predicted molar refractivity (Wildman–Crippen MR) is 66.9 cm³/mol. The van der Waals surface area contributed by atoms with Crippen molar-refractivity contribution in [3.63, 3.8) is 0 Å². The van der Waals surface area contributed by atoms with Crippen LogP contribution in [0.1, 0.15) is 5.56 Å². The van der Waals surface area contributed by atoms with Crippen LogP contribution in [0.4, 0.5) is 5.69 Å². The summed E-state index contributed by atoms with van der Waals surface area (Å²) in [6.45, 7) is 1.03. The molecule has 1 aliphatic heterocycles. The summed E-state index contributed by atoms with van der Waals surface area (Å²) < 4.78 is 0. The van der Waals surface area contributed by atoms with E-state index in [2.05, 4.69) is 33.7 Å². The van der Waals surface area contributed by atoms with E-state index < -0.39 is 0 Å². The molecule has 3 rings (SSSR count). The SMILES string of the molecule is Cl.c1cc2c(c(-c3ccnnc3)c1)CCN2. The molecule has 0 fully saturated rings. The number of fused-ring (bicyclic) bond motifs is 1. The van der Waals surface area contributed by atoms with E-state index in [1.807, 2.05) is 12.3 Å². The van der Waals surface area contributed by atoms with E-state index >= 15 is 0 Å². The molecule has 0 atom stereocenters. The van der Waals surface area contributed by atoms with Gasteiger partial charge in [0.25, 0.3) is 0 Å². The molecule has 16 heavy (non-hydrogen) atoms. The zero-order chi connectivity index (χ0) is 10.1. The van der Waals surface area contributed by atoms with Crippen molar-refractivity contribution in [2.24, 2.45) is 0 Å². The summed E-state index contributed by atoms with van der Waals surface area (Å²) in [5, 5.41) is 11.1. The Hall–Kier alpha value is -1.61. The molecule has 1 aliphatic rings. The smallest absolute Gasteiger partial charge is 0.0574 e. The van der Waals surface area contributed by atoms with Gasteiger partial charge >= 0.3 is 0 Å².